The van der Waals surface area contributed by atoms with Crippen molar-refractivity contribution in [2.75, 3.05) is 6.61 Å². The number of dihydropyridines is 1. The minimum atomic E-state index is -0.245. The van der Waals surface area contributed by atoms with E-state index in [4.69, 9.17) is 0 Å². The molecule has 3 heteroatoms. The zero-order valence-electron chi connectivity index (χ0n) is 11.3. The molecule has 0 saturated heterocycles. The first-order valence-electron chi connectivity index (χ1n) is 6.67. The van der Waals surface area contributed by atoms with Gasteiger partial charge in [-0.15, -0.1) is 0 Å². The van der Waals surface area contributed by atoms with E-state index in [0.717, 1.165) is 33.5 Å². The summed E-state index contributed by atoms with van der Waals surface area (Å²) in [5.74, 6) is -0.245. The second kappa shape index (κ2) is 5.10. The lowest BCUT2D eigenvalue weighted by Gasteiger charge is -2.12. The Labute approximate surface area is 117 Å². The van der Waals surface area contributed by atoms with Crippen molar-refractivity contribution in [3.05, 3.63) is 70.8 Å². The SMILES string of the molecule is CC1=C(CCO)c2cc(F)ccc2/C1=C1/C=CC=CN1. The predicted octanol–water partition coefficient (Wildman–Crippen LogP) is 3.38. The summed E-state index contributed by atoms with van der Waals surface area (Å²) in [5.41, 5.74) is 6.13. The lowest BCUT2D eigenvalue weighted by molar-refractivity contribution is 0.305. The van der Waals surface area contributed by atoms with E-state index in [1.165, 1.54) is 6.07 Å². The lowest BCUT2D eigenvalue weighted by Crippen LogP contribution is -2.07. The molecular weight excluding hydrogens is 253 g/mol. The van der Waals surface area contributed by atoms with Crippen LogP contribution >= 0.6 is 0 Å². The van der Waals surface area contributed by atoms with Crippen LogP contribution in [0.15, 0.2) is 53.9 Å². The predicted molar refractivity (Wildman–Crippen MR) is 79.0 cm³/mol. The van der Waals surface area contributed by atoms with Crippen molar-refractivity contribution in [2.45, 2.75) is 13.3 Å². The number of allylic oxidation sites excluding steroid dienone is 5. The molecule has 1 heterocycles. The van der Waals surface area contributed by atoms with Crippen LogP contribution in [0.2, 0.25) is 0 Å². The topological polar surface area (TPSA) is 32.3 Å². The second-order valence-corrected chi connectivity index (χ2v) is 4.92. The molecule has 2 aliphatic rings. The summed E-state index contributed by atoms with van der Waals surface area (Å²) < 4.78 is 13.5. The van der Waals surface area contributed by atoms with E-state index in [1.807, 2.05) is 37.4 Å². The van der Waals surface area contributed by atoms with Crippen LogP contribution in [0, 0.1) is 5.82 Å². The second-order valence-electron chi connectivity index (χ2n) is 4.92. The molecule has 0 aromatic heterocycles. The number of hydrogen-bond donors (Lipinski definition) is 2. The monoisotopic (exact) mass is 269 g/mol. The summed E-state index contributed by atoms with van der Waals surface area (Å²) in [4.78, 5) is 0. The van der Waals surface area contributed by atoms with Crippen LogP contribution in [0.5, 0.6) is 0 Å². The molecule has 1 aliphatic heterocycles. The van der Waals surface area contributed by atoms with Gasteiger partial charge in [-0.05, 0) is 59.9 Å². The van der Waals surface area contributed by atoms with Crippen molar-refractivity contribution >= 4 is 11.1 Å². The van der Waals surface area contributed by atoms with Crippen molar-refractivity contribution in [3.8, 4) is 0 Å². The summed E-state index contributed by atoms with van der Waals surface area (Å²) >= 11 is 0. The number of hydrogen-bond acceptors (Lipinski definition) is 2. The van der Waals surface area contributed by atoms with E-state index in [0.29, 0.717) is 6.42 Å². The maximum Gasteiger partial charge on any atom is 0.123 e. The van der Waals surface area contributed by atoms with Crippen molar-refractivity contribution in [3.63, 3.8) is 0 Å². The van der Waals surface area contributed by atoms with Gasteiger partial charge < -0.3 is 10.4 Å². The molecule has 0 radical (unpaired) electrons. The third kappa shape index (κ3) is 2.00. The molecule has 0 saturated carbocycles. The molecule has 0 unspecified atom stereocenters. The minimum absolute atomic E-state index is 0.0639. The van der Waals surface area contributed by atoms with Gasteiger partial charge in [0.1, 0.15) is 5.82 Å². The molecular formula is C17H16FNO. The lowest BCUT2D eigenvalue weighted by atomic mass is 10.0. The molecule has 102 valence electrons. The van der Waals surface area contributed by atoms with Gasteiger partial charge in [-0.1, -0.05) is 12.1 Å². The normalized spacial score (nSPS) is 20.4. The van der Waals surface area contributed by atoms with Crippen molar-refractivity contribution < 1.29 is 9.50 Å². The first kappa shape index (κ1) is 12.9. The van der Waals surface area contributed by atoms with E-state index in [2.05, 4.69) is 5.32 Å². The Morgan fingerprint density at radius 2 is 2.05 bits per heavy atom. The third-order valence-corrected chi connectivity index (χ3v) is 3.74. The highest BCUT2D eigenvalue weighted by Gasteiger charge is 2.25. The molecule has 3 rings (SSSR count). The Balaban J connectivity index is 2.22. The number of fused-ring (bicyclic) bond motifs is 1. The molecule has 1 aliphatic carbocycles. The maximum atomic E-state index is 13.5. The summed E-state index contributed by atoms with van der Waals surface area (Å²) in [7, 11) is 0. The fourth-order valence-corrected chi connectivity index (χ4v) is 2.87. The van der Waals surface area contributed by atoms with Crippen molar-refractivity contribution in [1.29, 1.82) is 0 Å². The highest BCUT2D eigenvalue weighted by atomic mass is 19.1. The highest BCUT2D eigenvalue weighted by Crippen LogP contribution is 2.44. The smallest absolute Gasteiger partial charge is 0.123 e. The first-order chi connectivity index (χ1) is 9.72. The Hall–Kier alpha value is -2.13. The molecule has 1 aromatic carbocycles. The minimum Gasteiger partial charge on any atom is -0.396 e. The Morgan fingerprint density at radius 1 is 1.20 bits per heavy atom. The number of aliphatic hydroxyl groups excluding tert-OH is 1. The maximum absolute atomic E-state index is 13.5. The Bertz CT molecular complexity index is 680. The fourth-order valence-electron chi connectivity index (χ4n) is 2.87. The number of benzene rings is 1. The largest absolute Gasteiger partial charge is 0.396 e. The quantitative estimate of drug-likeness (QED) is 0.862. The molecule has 0 amide bonds. The van der Waals surface area contributed by atoms with Crippen molar-refractivity contribution in [2.24, 2.45) is 0 Å². The number of aliphatic hydroxyl groups is 1. The van der Waals surface area contributed by atoms with Crippen LogP contribution in [-0.2, 0) is 0 Å². The molecule has 2 N–H and O–H groups in total. The van der Waals surface area contributed by atoms with Gasteiger partial charge in [0.25, 0.3) is 0 Å². The van der Waals surface area contributed by atoms with Crippen LogP contribution < -0.4 is 5.32 Å². The van der Waals surface area contributed by atoms with Gasteiger partial charge in [-0.2, -0.15) is 0 Å². The first-order valence-corrected chi connectivity index (χ1v) is 6.67. The van der Waals surface area contributed by atoms with E-state index in [-0.39, 0.29) is 12.4 Å². The molecule has 0 bridgehead atoms. The number of halogens is 1. The van der Waals surface area contributed by atoms with Crippen molar-refractivity contribution in [1.82, 2.24) is 5.32 Å². The summed E-state index contributed by atoms with van der Waals surface area (Å²) in [6, 6.07) is 4.85. The third-order valence-electron chi connectivity index (χ3n) is 3.74. The van der Waals surface area contributed by atoms with Gasteiger partial charge in [-0.25, -0.2) is 4.39 Å². The van der Waals surface area contributed by atoms with E-state index in [9.17, 15) is 9.50 Å². The van der Waals surface area contributed by atoms with Gasteiger partial charge in [0.05, 0.1) is 0 Å². The summed E-state index contributed by atoms with van der Waals surface area (Å²) in [6.07, 6.45) is 8.33. The van der Waals surface area contributed by atoms with Crippen LogP contribution in [0.4, 0.5) is 4.39 Å². The van der Waals surface area contributed by atoms with Crippen LogP contribution in [0.1, 0.15) is 24.5 Å². The molecule has 20 heavy (non-hydrogen) atoms. The average molecular weight is 269 g/mol. The average Bonchev–Trinajstić information content (AvgIpc) is 2.73. The molecule has 0 atom stereocenters. The van der Waals surface area contributed by atoms with Gasteiger partial charge in [0, 0.05) is 24.1 Å². The molecule has 0 spiro atoms. The molecule has 0 fully saturated rings. The number of nitrogens with one attached hydrogen (secondary N) is 1. The zero-order valence-corrected chi connectivity index (χ0v) is 11.3. The van der Waals surface area contributed by atoms with Crippen LogP contribution in [0.25, 0.3) is 11.1 Å². The van der Waals surface area contributed by atoms with E-state index < -0.39 is 0 Å². The summed E-state index contributed by atoms with van der Waals surface area (Å²) in [5, 5.41) is 12.5. The van der Waals surface area contributed by atoms with Gasteiger partial charge in [0.15, 0.2) is 0 Å². The summed E-state index contributed by atoms with van der Waals surface area (Å²) in [6.45, 7) is 2.09. The van der Waals surface area contributed by atoms with E-state index in [1.54, 1.807) is 6.07 Å². The zero-order chi connectivity index (χ0) is 14.1. The van der Waals surface area contributed by atoms with E-state index >= 15 is 0 Å². The van der Waals surface area contributed by atoms with Gasteiger partial charge >= 0.3 is 0 Å². The van der Waals surface area contributed by atoms with Gasteiger partial charge in [-0.3, -0.25) is 0 Å². The fraction of sp³-hybridized carbons (Fsp3) is 0.176. The Morgan fingerprint density at radius 3 is 2.75 bits per heavy atom. The number of rotatable bonds is 2. The van der Waals surface area contributed by atoms with Crippen LogP contribution in [-0.4, -0.2) is 11.7 Å². The molecule has 2 nitrogen and oxygen atoms in total. The highest BCUT2D eigenvalue weighted by molar-refractivity contribution is 6.01. The molecule has 1 aromatic rings. The standard InChI is InChI=1S/C17H16FNO/c1-11-13(7-9-20)15-10-12(18)5-6-14(15)17(11)16-4-2-3-8-19-16/h2-6,8,10,19-20H,7,9H2,1H3/b17-16-. The Kier molecular flexibility index (Phi) is 3.28. The van der Waals surface area contributed by atoms with Crippen LogP contribution in [0.3, 0.4) is 0 Å². The van der Waals surface area contributed by atoms with Gasteiger partial charge in [0.2, 0.25) is 0 Å².